The van der Waals surface area contributed by atoms with Gasteiger partial charge in [-0.3, -0.25) is 9.36 Å². The quantitative estimate of drug-likeness (QED) is 0.397. The zero-order chi connectivity index (χ0) is 20.4. The van der Waals surface area contributed by atoms with Crippen LogP contribution in [0.15, 0.2) is 41.1 Å². The number of hydrogen-bond donors (Lipinski definition) is 1. The monoisotopic (exact) mass is 495 g/mol. The molecule has 0 aliphatic carbocycles. The second-order valence-corrected chi connectivity index (χ2v) is 8.60. The van der Waals surface area contributed by atoms with Crippen molar-refractivity contribution in [3.05, 3.63) is 68.2 Å². The van der Waals surface area contributed by atoms with Gasteiger partial charge in [-0.25, -0.2) is 4.39 Å². The van der Waals surface area contributed by atoms with Crippen LogP contribution in [0, 0.1) is 12.7 Å². The molecule has 0 aliphatic rings. The predicted octanol–water partition coefficient (Wildman–Crippen LogP) is 4.83. The van der Waals surface area contributed by atoms with E-state index in [1.807, 2.05) is 11.6 Å². The number of rotatable bonds is 7. The van der Waals surface area contributed by atoms with Gasteiger partial charge in [0.05, 0.1) is 17.2 Å². The summed E-state index contributed by atoms with van der Waals surface area (Å²) in [5.41, 5.74) is 1.48. The number of aromatic nitrogens is 6. The van der Waals surface area contributed by atoms with E-state index in [1.165, 1.54) is 17.4 Å². The summed E-state index contributed by atoms with van der Waals surface area (Å²) in [6, 6.07) is 6.42. The van der Waals surface area contributed by atoms with E-state index in [2.05, 4.69) is 41.6 Å². The summed E-state index contributed by atoms with van der Waals surface area (Å²) in [4.78, 5) is 0. The van der Waals surface area contributed by atoms with Crippen molar-refractivity contribution < 1.29 is 4.39 Å². The van der Waals surface area contributed by atoms with Crippen LogP contribution in [0.3, 0.4) is 0 Å². The molecule has 0 saturated heterocycles. The van der Waals surface area contributed by atoms with Gasteiger partial charge in [0, 0.05) is 41.5 Å². The van der Waals surface area contributed by atoms with Gasteiger partial charge < -0.3 is 5.32 Å². The van der Waals surface area contributed by atoms with Gasteiger partial charge in [0.15, 0.2) is 5.82 Å². The summed E-state index contributed by atoms with van der Waals surface area (Å²) in [6.07, 6.45) is 4.27. The van der Waals surface area contributed by atoms with Crippen LogP contribution in [-0.2, 0) is 19.5 Å². The lowest BCUT2D eigenvalue weighted by Gasteiger charge is -2.05. The van der Waals surface area contributed by atoms with Gasteiger partial charge in [-0.15, -0.1) is 10.2 Å². The smallest absolute Gasteiger partial charge is 0.211 e. The van der Waals surface area contributed by atoms with E-state index in [9.17, 15) is 4.39 Å². The fraction of sp³-hybridized carbons (Fsp3) is 0.222. The van der Waals surface area contributed by atoms with Gasteiger partial charge in [0.25, 0.3) is 0 Å². The zero-order valence-corrected chi connectivity index (χ0v) is 18.5. The van der Waals surface area contributed by atoms with Crippen molar-refractivity contribution in [1.82, 2.24) is 29.8 Å². The van der Waals surface area contributed by atoms with Crippen molar-refractivity contribution in [2.75, 3.05) is 5.32 Å². The van der Waals surface area contributed by atoms with Crippen LogP contribution < -0.4 is 5.32 Å². The molecule has 0 amide bonds. The van der Waals surface area contributed by atoms with Gasteiger partial charge in [0.1, 0.15) is 10.8 Å². The molecule has 0 saturated carbocycles. The predicted molar refractivity (Wildman–Crippen MR) is 114 cm³/mol. The Kier molecular flexibility index (Phi) is 5.93. The fourth-order valence-electron chi connectivity index (χ4n) is 2.73. The maximum Gasteiger partial charge on any atom is 0.211 e. The van der Waals surface area contributed by atoms with Crippen LogP contribution in [0.4, 0.5) is 15.3 Å². The van der Waals surface area contributed by atoms with Crippen molar-refractivity contribution in [2.45, 2.75) is 26.4 Å². The molecule has 0 spiro atoms. The Morgan fingerprint density at radius 3 is 2.90 bits per heavy atom. The molecule has 3 heterocycles. The van der Waals surface area contributed by atoms with Crippen LogP contribution in [0.5, 0.6) is 0 Å². The zero-order valence-electron chi connectivity index (χ0n) is 15.3. The molecule has 150 valence electrons. The third-order valence-electron chi connectivity index (χ3n) is 4.31. The first-order valence-corrected chi connectivity index (χ1v) is 10.7. The minimum atomic E-state index is -0.351. The summed E-state index contributed by atoms with van der Waals surface area (Å²) < 4.78 is 18.5. The number of nitrogens with one attached hydrogen (secondary N) is 1. The first-order valence-electron chi connectivity index (χ1n) is 8.73. The van der Waals surface area contributed by atoms with E-state index in [-0.39, 0.29) is 12.4 Å². The summed E-state index contributed by atoms with van der Waals surface area (Å²) in [7, 11) is 0. The third-order valence-corrected chi connectivity index (χ3v) is 6.34. The van der Waals surface area contributed by atoms with E-state index >= 15 is 0 Å². The Morgan fingerprint density at radius 2 is 2.14 bits per heavy atom. The van der Waals surface area contributed by atoms with Crippen molar-refractivity contribution >= 4 is 49.8 Å². The van der Waals surface area contributed by atoms with Crippen LogP contribution in [0.1, 0.15) is 16.3 Å². The van der Waals surface area contributed by atoms with E-state index in [1.54, 1.807) is 35.3 Å². The number of hydrogen-bond acceptors (Lipinski definition) is 6. The molecule has 1 N–H and O–H groups in total. The number of benzene rings is 1. The minimum Gasteiger partial charge on any atom is -0.313 e. The molecule has 1 aromatic carbocycles. The third kappa shape index (κ3) is 4.65. The summed E-state index contributed by atoms with van der Waals surface area (Å²) in [5.74, 6) is 0.253. The molecule has 0 unspecified atom stereocenters. The van der Waals surface area contributed by atoms with Crippen LogP contribution >= 0.6 is 38.9 Å². The molecule has 0 radical (unpaired) electrons. The van der Waals surface area contributed by atoms with Gasteiger partial charge in [0.2, 0.25) is 5.13 Å². The second-order valence-electron chi connectivity index (χ2n) is 6.28. The summed E-state index contributed by atoms with van der Waals surface area (Å²) in [6.45, 7) is 2.98. The molecular weight excluding hydrogens is 481 g/mol. The van der Waals surface area contributed by atoms with Gasteiger partial charge in [-0.2, -0.15) is 10.2 Å². The molecule has 0 aliphatic heterocycles. The Balaban J connectivity index is 1.37. The Hall–Kier alpha value is -2.30. The minimum absolute atomic E-state index is 0.243. The Labute approximate surface area is 183 Å². The average molecular weight is 497 g/mol. The molecule has 11 heteroatoms. The van der Waals surface area contributed by atoms with E-state index in [0.717, 1.165) is 28.1 Å². The van der Waals surface area contributed by atoms with E-state index in [4.69, 9.17) is 11.6 Å². The highest BCUT2D eigenvalue weighted by atomic mass is 79.9. The van der Waals surface area contributed by atoms with Crippen molar-refractivity contribution in [3.8, 4) is 0 Å². The molecule has 4 aromatic rings. The molecule has 29 heavy (non-hydrogen) atoms. The highest BCUT2D eigenvalue weighted by Crippen LogP contribution is 2.23. The van der Waals surface area contributed by atoms with Crippen LogP contribution in [0.2, 0.25) is 5.02 Å². The SMILES string of the molecule is Cc1c(Br)cnn1CCc1nnc(Nc2ccn(Cc3c(F)cccc3Cl)n2)s1. The average Bonchev–Trinajstić information content (AvgIpc) is 3.40. The number of anilines is 2. The number of aryl methyl sites for hydroxylation is 2. The van der Waals surface area contributed by atoms with Gasteiger partial charge in [-0.1, -0.05) is 29.0 Å². The molecule has 0 fully saturated rings. The Morgan fingerprint density at radius 1 is 1.28 bits per heavy atom. The first kappa shape index (κ1) is 20.0. The van der Waals surface area contributed by atoms with Crippen molar-refractivity contribution in [2.24, 2.45) is 0 Å². The normalized spacial score (nSPS) is 11.2. The van der Waals surface area contributed by atoms with Gasteiger partial charge in [-0.05, 0) is 35.0 Å². The highest BCUT2D eigenvalue weighted by molar-refractivity contribution is 9.10. The topological polar surface area (TPSA) is 73.5 Å². The number of nitrogens with zero attached hydrogens (tertiary/aromatic N) is 6. The summed E-state index contributed by atoms with van der Waals surface area (Å²) in [5, 5.41) is 22.1. The molecule has 3 aromatic heterocycles. The molecule has 0 atom stereocenters. The molecule has 4 rings (SSSR count). The lowest BCUT2D eigenvalue weighted by molar-refractivity contribution is 0.586. The standard InChI is InChI=1S/C18H16BrClFN7S/c1-11-13(19)9-22-28(11)8-6-17-24-25-18(29-17)23-16-5-7-27(26-16)10-12-14(20)3-2-4-15(12)21/h2-5,7,9H,6,8,10H2,1H3,(H,23,25,26). The van der Waals surface area contributed by atoms with E-state index < -0.39 is 0 Å². The maximum absolute atomic E-state index is 13.9. The molecular formula is C18H16BrClFN7S. The van der Waals surface area contributed by atoms with E-state index in [0.29, 0.717) is 21.5 Å². The lowest BCUT2D eigenvalue weighted by atomic mass is 10.2. The molecule has 7 nitrogen and oxygen atoms in total. The lowest BCUT2D eigenvalue weighted by Crippen LogP contribution is -2.04. The van der Waals surface area contributed by atoms with Gasteiger partial charge >= 0.3 is 0 Å². The van der Waals surface area contributed by atoms with Crippen molar-refractivity contribution in [1.29, 1.82) is 0 Å². The maximum atomic E-state index is 13.9. The van der Waals surface area contributed by atoms with Crippen LogP contribution in [-0.4, -0.2) is 29.8 Å². The molecule has 0 bridgehead atoms. The Bertz CT molecular complexity index is 1120. The first-order chi connectivity index (χ1) is 14.0. The van der Waals surface area contributed by atoms with Crippen molar-refractivity contribution in [3.63, 3.8) is 0 Å². The second kappa shape index (κ2) is 8.60. The fourth-order valence-corrected chi connectivity index (χ4v) is 3.98. The summed E-state index contributed by atoms with van der Waals surface area (Å²) >= 11 is 11.0. The van der Waals surface area contributed by atoms with Crippen LogP contribution in [0.25, 0.3) is 0 Å². The highest BCUT2D eigenvalue weighted by Gasteiger charge is 2.11. The largest absolute Gasteiger partial charge is 0.313 e. The number of halogens is 3.